The van der Waals surface area contributed by atoms with E-state index in [1.807, 2.05) is 30.3 Å². The van der Waals surface area contributed by atoms with Crippen molar-refractivity contribution in [2.24, 2.45) is 23.2 Å². The Hall–Kier alpha value is -0.510. The van der Waals surface area contributed by atoms with Gasteiger partial charge >= 0.3 is 0 Å². The molecule has 1 N–H and O–H groups in total. The number of benzene rings is 1. The van der Waals surface area contributed by atoms with Gasteiger partial charge in [-0.15, -0.1) is 11.8 Å². The van der Waals surface area contributed by atoms with E-state index in [9.17, 15) is 5.11 Å². The molecular weight excluding hydrogens is 292 g/mol. The third kappa shape index (κ3) is 2.09. The van der Waals surface area contributed by atoms with Crippen LogP contribution in [0.5, 0.6) is 0 Å². The van der Waals surface area contributed by atoms with Gasteiger partial charge in [0.15, 0.2) is 0 Å². The summed E-state index contributed by atoms with van der Waals surface area (Å²) in [5.41, 5.74) is -1.47. The number of rotatable bonds is 2. The molecule has 120 valence electrons. The van der Waals surface area contributed by atoms with Gasteiger partial charge in [-0.1, -0.05) is 44.2 Å². The van der Waals surface area contributed by atoms with Crippen molar-refractivity contribution in [3.63, 3.8) is 0 Å². The van der Waals surface area contributed by atoms with Crippen LogP contribution >= 0.6 is 11.8 Å². The van der Waals surface area contributed by atoms with Crippen molar-refractivity contribution in [1.29, 1.82) is 0 Å². The largest absolute Gasteiger partial charge is 0.382 e. The van der Waals surface area contributed by atoms with Crippen LogP contribution in [0.15, 0.2) is 30.3 Å². The highest BCUT2D eigenvalue weighted by molar-refractivity contribution is 8.00. The highest BCUT2D eigenvalue weighted by atomic mass is 32.2. The number of hydrogen-bond acceptors (Lipinski definition) is 3. The molecule has 3 saturated carbocycles. The average Bonchev–Trinajstić information content (AvgIpc) is 2.54. The first-order valence-electron chi connectivity index (χ1n) is 8.85. The van der Waals surface area contributed by atoms with Crippen LogP contribution in [0.3, 0.4) is 0 Å². The minimum Gasteiger partial charge on any atom is -0.382 e. The fraction of sp³-hybridized carbons (Fsp3) is 0.684. The standard InChI is InChI=1S/C19H26O2S/c1-18(2)13-9-15(18)14-11-21-17(22-16(14)10-13)19(3,20)12-7-5-4-6-8-12/h4-8,13-17,20H,9-11H2,1-3H3/t13-,14+,15+,16+,17-,19?/m1/s1/i17D. The van der Waals surface area contributed by atoms with Crippen molar-refractivity contribution >= 4 is 11.8 Å². The molecule has 4 fully saturated rings. The lowest BCUT2D eigenvalue weighted by molar-refractivity contribution is -0.146. The molecule has 1 unspecified atom stereocenters. The molecule has 3 aliphatic carbocycles. The summed E-state index contributed by atoms with van der Waals surface area (Å²) in [4.78, 5) is 0. The molecule has 4 aliphatic rings. The maximum atomic E-state index is 11.1. The predicted molar refractivity (Wildman–Crippen MR) is 90.6 cm³/mol. The average molecular weight is 319 g/mol. The van der Waals surface area contributed by atoms with Crippen molar-refractivity contribution in [1.82, 2.24) is 0 Å². The topological polar surface area (TPSA) is 29.5 Å². The Morgan fingerprint density at radius 1 is 1.32 bits per heavy atom. The number of hydrogen-bond donors (Lipinski definition) is 1. The fourth-order valence-electron chi connectivity index (χ4n) is 4.74. The highest BCUT2D eigenvalue weighted by Gasteiger charge is 2.60. The number of ether oxygens (including phenoxy) is 1. The first-order valence-corrected chi connectivity index (χ1v) is 9.23. The number of thioether (sulfide) groups is 1. The summed E-state index contributed by atoms with van der Waals surface area (Å²) >= 11 is 1.55. The van der Waals surface area contributed by atoms with Crippen LogP contribution in [0.1, 0.15) is 40.5 Å². The molecule has 0 aromatic heterocycles. The maximum Gasteiger partial charge on any atom is 0.136 e. The normalized spacial score (nSPS) is 45.9. The van der Waals surface area contributed by atoms with Crippen LogP contribution in [-0.4, -0.2) is 22.4 Å². The van der Waals surface area contributed by atoms with E-state index in [0.717, 1.165) is 17.9 Å². The van der Waals surface area contributed by atoms with E-state index in [1.54, 1.807) is 18.7 Å². The lowest BCUT2D eigenvalue weighted by Crippen LogP contribution is -2.60. The molecule has 1 heterocycles. The van der Waals surface area contributed by atoms with Crippen LogP contribution in [0.4, 0.5) is 0 Å². The molecule has 3 heteroatoms. The summed E-state index contributed by atoms with van der Waals surface area (Å²) in [5.74, 6) is 2.01. The van der Waals surface area contributed by atoms with Crippen molar-refractivity contribution < 1.29 is 11.2 Å². The van der Waals surface area contributed by atoms with Crippen molar-refractivity contribution in [2.45, 2.75) is 49.9 Å². The summed E-state index contributed by atoms with van der Waals surface area (Å²) in [7, 11) is 0. The molecule has 22 heavy (non-hydrogen) atoms. The second kappa shape index (κ2) is 4.99. The third-order valence-electron chi connectivity index (χ3n) is 6.46. The van der Waals surface area contributed by atoms with Crippen LogP contribution in [0, 0.1) is 23.2 Å². The monoisotopic (exact) mass is 319 g/mol. The molecule has 5 rings (SSSR count). The van der Waals surface area contributed by atoms with E-state index in [-0.39, 0.29) is 0 Å². The fourth-order valence-corrected chi connectivity index (χ4v) is 6.27. The molecule has 0 amide bonds. The highest BCUT2D eigenvalue weighted by Crippen LogP contribution is 2.65. The molecule has 1 aromatic carbocycles. The summed E-state index contributed by atoms with van der Waals surface area (Å²) in [6, 6.07) is 9.50. The smallest absolute Gasteiger partial charge is 0.136 e. The molecule has 2 nitrogen and oxygen atoms in total. The van der Waals surface area contributed by atoms with Crippen LogP contribution in [0.2, 0.25) is 0 Å². The zero-order valence-corrected chi connectivity index (χ0v) is 14.4. The van der Waals surface area contributed by atoms with Crippen molar-refractivity contribution in [3.8, 4) is 0 Å². The van der Waals surface area contributed by atoms with Gasteiger partial charge in [0, 0.05) is 5.25 Å². The Balaban J connectivity index is 1.58. The van der Waals surface area contributed by atoms with E-state index in [4.69, 9.17) is 6.11 Å². The van der Waals surface area contributed by atoms with Gasteiger partial charge in [-0.05, 0) is 48.5 Å². The third-order valence-corrected chi connectivity index (χ3v) is 8.03. The van der Waals surface area contributed by atoms with Gasteiger partial charge in [-0.2, -0.15) is 0 Å². The quantitative estimate of drug-likeness (QED) is 0.892. The first kappa shape index (κ1) is 13.9. The minimum absolute atomic E-state index is 0.426. The molecule has 0 spiro atoms. The molecule has 1 saturated heterocycles. The van der Waals surface area contributed by atoms with Gasteiger partial charge in [0.05, 0.1) is 7.98 Å². The second-order valence-corrected chi connectivity index (χ2v) is 9.17. The molecule has 1 aromatic rings. The lowest BCUT2D eigenvalue weighted by atomic mass is 9.45. The maximum absolute atomic E-state index is 11.1. The molecule has 0 radical (unpaired) electrons. The summed E-state index contributed by atoms with van der Waals surface area (Å²) < 4.78 is 14.9. The Morgan fingerprint density at radius 2 is 2.05 bits per heavy atom. The molecule has 6 atom stereocenters. The summed E-state index contributed by atoms with van der Waals surface area (Å²) in [6.07, 6.45) is 2.48. The van der Waals surface area contributed by atoms with E-state index in [0.29, 0.717) is 29.1 Å². The van der Waals surface area contributed by atoms with E-state index in [2.05, 4.69) is 13.8 Å². The van der Waals surface area contributed by atoms with Gasteiger partial charge in [-0.3, -0.25) is 0 Å². The number of aliphatic hydroxyl groups is 1. The first-order chi connectivity index (χ1) is 10.8. The molecular formula is C19H26O2S. The molecule has 2 bridgehead atoms. The van der Waals surface area contributed by atoms with E-state index < -0.39 is 11.0 Å². The zero-order chi connectivity index (χ0) is 16.5. The van der Waals surface area contributed by atoms with Crippen LogP contribution in [0.25, 0.3) is 0 Å². The SMILES string of the molecule is [2H][C@@]1(C(C)(O)c2ccccc2)OC[C@@H]2[C@H](C[C@H]3C[C@@H]2C3(C)C)S1. The van der Waals surface area contributed by atoms with Gasteiger partial charge in [-0.25, -0.2) is 0 Å². The lowest BCUT2D eigenvalue weighted by Gasteiger charge is -2.64. The summed E-state index contributed by atoms with van der Waals surface area (Å²) in [6.45, 7) is 7.09. The Bertz CT molecular complexity index is 603. The summed E-state index contributed by atoms with van der Waals surface area (Å²) in [5, 5.41) is 11.5. The Labute approximate surface area is 139 Å². The Morgan fingerprint density at radius 3 is 2.73 bits per heavy atom. The van der Waals surface area contributed by atoms with Gasteiger partial charge in [0.25, 0.3) is 0 Å². The van der Waals surface area contributed by atoms with E-state index >= 15 is 0 Å². The molecule has 1 aliphatic heterocycles. The van der Waals surface area contributed by atoms with Crippen LogP contribution in [-0.2, 0) is 10.3 Å². The van der Waals surface area contributed by atoms with Gasteiger partial charge in [0.1, 0.15) is 11.0 Å². The van der Waals surface area contributed by atoms with E-state index in [1.165, 1.54) is 6.42 Å². The van der Waals surface area contributed by atoms with Gasteiger partial charge < -0.3 is 9.84 Å². The van der Waals surface area contributed by atoms with Crippen molar-refractivity contribution in [2.75, 3.05) is 6.61 Å². The second-order valence-electron chi connectivity index (χ2n) is 7.95. The van der Waals surface area contributed by atoms with Crippen LogP contribution < -0.4 is 0 Å². The predicted octanol–water partition coefficient (Wildman–Crippen LogP) is 4.03. The van der Waals surface area contributed by atoms with Gasteiger partial charge in [0.2, 0.25) is 0 Å². The minimum atomic E-state index is -1.33. The Kier molecular flexibility index (Phi) is 3.15. The van der Waals surface area contributed by atoms with Crippen molar-refractivity contribution in [3.05, 3.63) is 35.9 Å². The zero-order valence-electron chi connectivity index (χ0n) is 14.6.